The van der Waals surface area contributed by atoms with Crippen LogP contribution in [-0.2, 0) is 0 Å². The Bertz CT molecular complexity index is 50.9. The molecule has 0 saturated carbocycles. The van der Waals surface area contributed by atoms with Gasteiger partial charge in [-0.15, -0.1) is 12.4 Å². The molecular weight excluding hydrogens is 126 g/mol. The molecule has 0 radical (unpaired) electrons. The van der Waals surface area contributed by atoms with Gasteiger partial charge < -0.3 is 9.59 Å². The molecular formula is C5H14ClNO. The molecule has 0 bridgehead atoms. The summed E-state index contributed by atoms with van der Waals surface area (Å²) in [4.78, 5) is 0. The van der Waals surface area contributed by atoms with Gasteiger partial charge in [0.05, 0.1) is 27.7 Å². The molecule has 8 heavy (non-hydrogen) atoms. The van der Waals surface area contributed by atoms with E-state index in [-0.39, 0.29) is 19.0 Å². The fraction of sp³-hybridized carbons (Fsp3) is 1.00. The van der Waals surface area contributed by atoms with Crippen LogP contribution < -0.4 is 5.11 Å². The molecule has 0 aromatic rings. The highest BCUT2D eigenvalue weighted by Gasteiger charge is 1.99. The van der Waals surface area contributed by atoms with Crippen LogP contribution in [0.1, 0.15) is 0 Å². The smallest absolute Gasteiger partial charge is 0.0676 e. The van der Waals surface area contributed by atoms with Crippen molar-refractivity contribution >= 4 is 12.4 Å². The first-order chi connectivity index (χ1) is 3.06. The number of likely N-dealkylation sites (N-methyl/N-ethyl adjacent to an activating group) is 1. The van der Waals surface area contributed by atoms with Gasteiger partial charge in [-0.1, -0.05) is 6.61 Å². The first kappa shape index (κ1) is 11.1. The van der Waals surface area contributed by atoms with Gasteiger partial charge in [0.1, 0.15) is 0 Å². The predicted octanol–water partition coefficient (Wildman–Crippen LogP) is -0.525. The van der Waals surface area contributed by atoms with Crippen LogP contribution in [0.3, 0.4) is 0 Å². The molecule has 0 aromatic carbocycles. The molecule has 0 aromatic heterocycles. The highest BCUT2D eigenvalue weighted by molar-refractivity contribution is 5.85. The van der Waals surface area contributed by atoms with Gasteiger partial charge in [0.25, 0.3) is 0 Å². The van der Waals surface area contributed by atoms with E-state index in [0.29, 0.717) is 0 Å². The predicted molar refractivity (Wildman–Crippen MR) is 35.0 cm³/mol. The molecule has 2 nitrogen and oxygen atoms in total. The zero-order chi connectivity index (χ0) is 5.91. The molecule has 0 unspecified atom stereocenters. The van der Waals surface area contributed by atoms with Gasteiger partial charge in [-0.05, 0) is 0 Å². The Balaban J connectivity index is 0. The van der Waals surface area contributed by atoms with Gasteiger partial charge in [-0.3, -0.25) is 0 Å². The van der Waals surface area contributed by atoms with Crippen LogP contribution in [0.2, 0.25) is 0 Å². The molecule has 0 saturated heterocycles. The summed E-state index contributed by atoms with van der Waals surface area (Å²) < 4.78 is 0.781. The van der Waals surface area contributed by atoms with Crippen LogP contribution in [0.4, 0.5) is 0 Å². The van der Waals surface area contributed by atoms with E-state index in [1.54, 1.807) is 0 Å². The second-order valence-electron chi connectivity index (χ2n) is 2.72. The summed E-state index contributed by atoms with van der Waals surface area (Å²) in [5.74, 6) is 0. The van der Waals surface area contributed by atoms with Crippen molar-refractivity contribution in [3.63, 3.8) is 0 Å². The Labute approximate surface area is 57.1 Å². The first-order valence-corrected chi connectivity index (χ1v) is 2.45. The zero-order valence-corrected chi connectivity index (χ0v) is 6.49. The molecule has 0 rings (SSSR count). The second kappa shape index (κ2) is 4.13. The van der Waals surface area contributed by atoms with Crippen molar-refractivity contribution in [2.45, 2.75) is 0 Å². The lowest BCUT2D eigenvalue weighted by Gasteiger charge is -2.25. The average Bonchev–Trinajstić information content (AvgIpc) is 1.30. The molecule has 0 N–H and O–H groups in total. The summed E-state index contributed by atoms with van der Waals surface area (Å²) in [6.45, 7) is 0.753. The summed E-state index contributed by atoms with van der Waals surface area (Å²) in [7, 11) is 6.04. The maximum Gasteiger partial charge on any atom is 0.0676 e. The molecule has 0 aliphatic carbocycles. The number of halogens is 1. The number of nitrogens with zero attached hydrogens (tertiary/aromatic N) is 1. The van der Waals surface area contributed by atoms with Crippen molar-refractivity contribution in [2.24, 2.45) is 0 Å². The summed E-state index contributed by atoms with van der Waals surface area (Å²) in [5.41, 5.74) is 0. The van der Waals surface area contributed by atoms with Crippen molar-refractivity contribution in [1.82, 2.24) is 0 Å². The average molecular weight is 140 g/mol. The molecule has 0 atom stereocenters. The van der Waals surface area contributed by atoms with Crippen LogP contribution in [0.25, 0.3) is 0 Å². The van der Waals surface area contributed by atoms with Crippen molar-refractivity contribution in [2.75, 3.05) is 34.3 Å². The summed E-state index contributed by atoms with van der Waals surface area (Å²) in [6.07, 6.45) is 0. The largest absolute Gasteiger partial charge is 0.850 e. The van der Waals surface area contributed by atoms with Crippen LogP contribution in [0, 0.1) is 0 Å². The van der Waals surface area contributed by atoms with E-state index in [1.807, 2.05) is 21.1 Å². The van der Waals surface area contributed by atoms with E-state index in [0.717, 1.165) is 11.0 Å². The van der Waals surface area contributed by atoms with E-state index in [1.165, 1.54) is 0 Å². The Morgan fingerprint density at radius 2 is 1.62 bits per heavy atom. The summed E-state index contributed by atoms with van der Waals surface area (Å²) in [6, 6.07) is 0. The quantitative estimate of drug-likeness (QED) is 0.472. The molecule has 52 valence electrons. The molecule has 0 aliphatic rings. The van der Waals surface area contributed by atoms with E-state index < -0.39 is 0 Å². The van der Waals surface area contributed by atoms with Gasteiger partial charge in [0, 0.05) is 0 Å². The van der Waals surface area contributed by atoms with E-state index in [9.17, 15) is 5.11 Å². The highest BCUT2D eigenvalue weighted by atomic mass is 35.5. The second-order valence-corrected chi connectivity index (χ2v) is 2.72. The minimum atomic E-state index is 0. The van der Waals surface area contributed by atoms with Gasteiger partial charge in [-0.25, -0.2) is 0 Å². The highest BCUT2D eigenvalue weighted by Crippen LogP contribution is 1.83. The van der Waals surface area contributed by atoms with Crippen LogP contribution in [0.15, 0.2) is 0 Å². The van der Waals surface area contributed by atoms with E-state index in [4.69, 9.17) is 0 Å². The molecule has 0 heterocycles. The minimum absolute atomic E-state index is 0. The number of hydrogen-bond donors (Lipinski definition) is 0. The third-order valence-corrected chi connectivity index (χ3v) is 0.762. The summed E-state index contributed by atoms with van der Waals surface area (Å²) in [5, 5.41) is 9.93. The number of quaternary nitrogens is 1. The molecule has 0 amide bonds. The fourth-order valence-corrected chi connectivity index (χ4v) is 0.274. The third-order valence-electron chi connectivity index (χ3n) is 0.762. The van der Waals surface area contributed by atoms with Gasteiger partial charge in [0.2, 0.25) is 0 Å². The van der Waals surface area contributed by atoms with Crippen LogP contribution >= 0.6 is 12.4 Å². The number of hydrogen-bond acceptors (Lipinski definition) is 1. The Morgan fingerprint density at radius 3 is 1.62 bits per heavy atom. The normalized spacial score (nSPS) is 10.5. The monoisotopic (exact) mass is 139 g/mol. The van der Waals surface area contributed by atoms with Crippen molar-refractivity contribution < 1.29 is 9.59 Å². The van der Waals surface area contributed by atoms with Crippen molar-refractivity contribution in [3.8, 4) is 0 Å². The third kappa shape index (κ3) is 9.51. The lowest BCUT2D eigenvalue weighted by atomic mass is 10.5. The molecule has 0 spiro atoms. The van der Waals surface area contributed by atoms with Gasteiger partial charge in [-0.2, -0.15) is 0 Å². The lowest BCUT2D eigenvalue weighted by Crippen LogP contribution is -2.39. The van der Waals surface area contributed by atoms with E-state index >= 15 is 0 Å². The van der Waals surface area contributed by atoms with E-state index in [2.05, 4.69) is 0 Å². The molecule has 0 aliphatic heterocycles. The first-order valence-electron chi connectivity index (χ1n) is 2.45. The van der Waals surface area contributed by atoms with Crippen LogP contribution in [0.5, 0.6) is 0 Å². The molecule has 0 fully saturated rings. The topological polar surface area (TPSA) is 23.1 Å². The summed E-state index contributed by atoms with van der Waals surface area (Å²) >= 11 is 0. The standard InChI is InChI=1S/C5H13NO.ClH/c1-6(2,3)4-5-7;/h4-5H2,1-3H3;1H. The van der Waals surface area contributed by atoms with Gasteiger partial charge >= 0.3 is 0 Å². The maximum atomic E-state index is 9.93. The maximum absolute atomic E-state index is 9.93. The Hall–Kier alpha value is 0.210. The fourth-order valence-electron chi connectivity index (χ4n) is 0.274. The SMILES string of the molecule is C[N+](C)(C)CC[O-].Cl. The minimum Gasteiger partial charge on any atom is -0.850 e. The molecule has 3 heteroatoms. The van der Waals surface area contributed by atoms with Gasteiger partial charge in [0.15, 0.2) is 0 Å². The van der Waals surface area contributed by atoms with Crippen molar-refractivity contribution in [1.29, 1.82) is 0 Å². The Kier molecular flexibility index (Phi) is 5.71. The number of rotatable bonds is 2. The zero-order valence-electron chi connectivity index (χ0n) is 5.68. The Morgan fingerprint density at radius 1 is 1.25 bits per heavy atom. The van der Waals surface area contributed by atoms with Crippen LogP contribution in [-0.4, -0.2) is 38.8 Å². The lowest BCUT2D eigenvalue weighted by molar-refractivity contribution is -0.875. The van der Waals surface area contributed by atoms with Crippen molar-refractivity contribution in [3.05, 3.63) is 0 Å².